The molecule has 37 heavy (non-hydrogen) atoms. The van der Waals surface area contributed by atoms with Crippen LogP contribution in [0, 0.1) is 12.3 Å². The minimum absolute atomic E-state index is 0.0396. The van der Waals surface area contributed by atoms with Crippen LogP contribution >= 0.6 is 11.6 Å². The first-order valence-electron chi connectivity index (χ1n) is 12.9. The molecular formula is C30H40ClN3O3. The van der Waals surface area contributed by atoms with E-state index in [0.29, 0.717) is 23.0 Å². The second-order valence-corrected chi connectivity index (χ2v) is 10.9. The fourth-order valence-electron chi connectivity index (χ4n) is 4.48. The molecule has 7 heteroatoms. The van der Waals surface area contributed by atoms with Crippen LogP contribution in [0.4, 0.5) is 0 Å². The monoisotopic (exact) mass is 525 g/mol. The van der Waals surface area contributed by atoms with Crippen molar-refractivity contribution in [3.8, 4) is 17.1 Å². The lowest BCUT2D eigenvalue weighted by atomic mass is 9.84. The van der Waals surface area contributed by atoms with Crippen LogP contribution in [-0.4, -0.2) is 35.8 Å². The molecule has 6 nitrogen and oxygen atoms in total. The predicted molar refractivity (Wildman–Crippen MR) is 150 cm³/mol. The molecule has 0 saturated heterocycles. The Hall–Kier alpha value is -2.83. The van der Waals surface area contributed by atoms with Gasteiger partial charge < -0.3 is 19.4 Å². The first kappa shape index (κ1) is 28.7. The molecule has 1 heterocycles. The van der Waals surface area contributed by atoms with Gasteiger partial charge in [-0.05, 0) is 42.0 Å². The Bertz CT molecular complexity index is 1210. The number of methoxy groups -OCH3 is 2. The topological polar surface area (TPSA) is 65.4 Å². The molecule has 0 amide bonds. The van der Waals surface area contributed by atoms with Gasteiger partial charge in [0, 0.05) is 31.1 Å². The summed E-state index contributed by atoms with van der Waals surface area (Å²) in [5.74, 6) is 1.02. The summed E-state index contributed by atoms with van der Waals surface area (Å²) >= 11 is 6.82. The number of rotatable bonds is 11. The summed E-state index contributed by atoms with van der Waals surface area (Å²) in [5.41, 5.74) is 4.75. The molecule has 1 atom stereocenters. The number of hydrogen-bond donors (Lipinski definition) is 1. The van der Waals surface area contributed by atoms with Crippen LogP contribution in [0.3, 0.4) is 0 Å². The quantitative estimate of drug-likeness (QED) is 0.277. The van der Waals surface area contributed by atoms with E-state index in [0.717, 1.165) is 48.5 Å². The van der Waals surface area contributed by atoms with Gasteiger partial charge in [0.25, 0.3) is 0 Å². The molecule has 0 spiro atoms. The van der Waals surface area contributed by atoms with Crippen LogP contribution in [-0.2, 0) is 24.2 Å². The maximum atomic E-state index is 12.0. The normalized spacial score (nSPS) is 12.4. The summed E-state index contributed by atoms with van der Waals surface area (Å²) in [4.78, 5) is 16.9. The summed E-state index contributed by atoms with van der Waals surface area (Å²) in [7, 11) is 2.93. The molecular weight excluding hydrogens is 486 g/mol. The predicted octanol–water partition coefficient (Wildman–Crippen LogP) is 6.85. The number of carbonyl (C=O) groups is 1. The van der Waals surface area contributed by atoms with Crippen molar-refractivity contribution in [3.63, 3.8) is 0 Å². The smallest absolute Gasteiger partial charge is 0.341 e. The zero-order valence-corrected chi connectivity index (χ0v) is 23.9. The molecule has 200 valence electrons. The van der Waals surface area contributed by atoms with E-state index >= 15 is 0 Å². The van der Waals surface area contributed by atoms with Crippen molar-refractivity contribution in [3.05, 3.63) is 70.0 Å². The van der Waals surface area contributed by atoms with E-state index < -0.39 is 5.97 Å². The number of halogens is 1. The molecule has 0 aliphatic carbocycles. The van der Waals surface area contributed by atoms with Gasteiger partial charge in [0.15, 0.2) is 5.15 Å². The summed E-state index contributed by atoms with van der Waals surface area (Å²) in [6, 6.07) is 14.0. The van der Waals surface area contributed by atoms with E-state index in [1.165, 1.54) is 12.7 Å². The second kappa shape index (κ2) is 12.6. The minimum Gasteiger partial charge on any atom is -0.496 e. The lowest BCUT2D eigenvalue weighted by molar-refractivity contribution is 0.0597. The minimum atomic E-state index is -0.414. The molecule has 0 aliphatic heterocycles. The molecule has 1 aromatic heterocycles. The molecule has 0 fully saturated rings. The zero-order valence-electron chi connectivity index (χ0n) is 23.2. The highest BCUT2D eigenvalue weighted by Gasteiger charge is 2.28. The highest BCUT2D eigenvalue weighted by Crippen LogP contribution is 2.32. The molecule has 0 radical (unpaired) electrons. The number of ether oxygens (including phenoxy) is 2. The van der Waals surface area contributed by atoms with Crippen LogP contribution in [0.1, 0.15) is 67.7 Å². The maximum Gasteiger partial charge on any atom is 0.341 e. The fraction of sp³-hybridized carbons (Fsp3) is 0.467. The summed E-state index contributed by atoms with van der Waals surface area (Å²) < 4.78 is 12.6. The van der Waals surface area contributed by atoms with Crippen molar-refractivity contribution >= 4 is 17.6 Å². The molecule has 3 rings (SSSR count). The van der Waals surface area contributed by atoms with E-state index in [4.69, 9.17) is 26.1 Å². The highest BCUT2D eigenvalue weighted by atomic mass is 35.5. The summed E-state index contributed by atoms with van der Waals surface area (Å²) in [5, 5.41) is 4.30. The van der Waals surface area contributed by atoms with Crippen molar-refractivity contribution in [1.82, 2.24) is 14.9 Å². The zero-order chi connectivity index (χ0) is 27.2. The van der Waals surface area contributed by atoms with Gasteiger partial charge in [-0.3, -0.25) is 0 Å². The number of nitrogens with zero attached hydrogens (tertiary/aromatic N) is 2. The number of carbonyl (C=O) groups excluding carboxylic acids is 1. The van der Waals surface area contributed by atoms with Crippen LogP contribution in [0.2, 0.25) is 5.15 Å². The average molecular weight is 526 g/mol. The van der Waals surface area contributed by atoms with Crippen LogP contribution < -0.4 is 10.1 Å². The van der Waals surface area contributed by atoms with Crippen LogP contribution in [0.5, 0.6) is 5.75 Å². The van der Waals surface area contributed by atoms with Gasteiger partial charge in [-0.2, -0.15) is 0 Å². The third-order valence-corrected chi connectivity index (χ3v) is 7.11. The number of aryl methyl sites for hydroxylation is 1. The Morgan fingerprint density at radius 1 is 1.16 bits per heavy atom. The lowest BCUT2D eigenvalue weighted by Crippen LogP contribution is -2.42. The standard InChI is InChI=1S/C30H40ClN3O3/c1-8-9-16-34-24(27(31)33-28(34)22-13-11-10-12-20(22)2)18-26(30(3,4)5)32-19-21-14-15-23(29(35)37-7)25(17-21)36-6/h10-15,17,26,32H,8-9,16,18-19H2,1-7H3. The number of aromatic nitrogens is 2. The molecule has 1 N–H and O–H groups in total. The molecule has 0 saturated carbocycles. The largest absolute Gasteiger partial charge is 0.496 e. The van der Waals surface area contributed by atoms with Gasteiger partial charge in [0.05, 0.1) is 19.9 Å². The van der Waals surface area contributed by atoms with Gasteiger partial charge in [-0.1, -0.05) is 76.0 Å². The van der Waals surface area contributed by atoms with Crippen molar-refractivity contribution in [2.75, 3.05) is 14.2 Å². The highest BCUT2D eigenvalue weighted by molar-refractivity contribution is 6.30. The van der Waals surface area contributed by atoms with E-state index in [1.807, 2.05) is 24.3 Å². The molecule has 1 unspecified atom stereocenters. The molecule has 0 aliphatic rings. The molecule has 0 bridgehead atoms. The SMILES string of the molecule is CCCCn1c(-c2ccccc2C)nc(Cl)c1CC(NCc1ccc(C(=O)OC)c(OC)c1)C(C)(C)C. The maximum absolute atomic E-state index is 12.0. The lowest BCUT2D eigenvalue weighted by Gasteiger charge is -2.32. The number of benzene rings is 2. The Morgan fingerprint density at radius 3 is 2.51 bits per heavy atom. The van der Waals surface area contributed by atoms with Gasteiger partial charge in [-0.15, -0.1) is 0 Å². The van der Waals surface area contributed by atoms with Crippen LogP contribution in [0.25, 0.3) is 11.4 Å². The number of hydrogen-bond acceptors (Lipinski definition) is 5. The summed E-state index contributed by atoms with van der Waals surface area (Å²) in [6.45, 7) is 12.5. The third kappa shape index (κ3) is 6.93. The summed E-state index contributed by atoms with van der Waals surface area (Å²) in [6.07, 6.45) is 2.88. The van der Waals surface area contributed by atoms with Crippen molar-refractivity contribution in [1.29, 1.82) is 0 Å². The Kier molecular flexibility index (Phi) is 9.80. The fourth-order valence-corrected chi connectivity index (χ4v) is 4.74. The van der Waals surface area contributed by atoms with Gasteiger partial charge >= 0.3 is 5.97 Å². The number of esters is 1. The first-order valence-corrected chi connectivity index (χ1v) is 13.3. The average Bonchev–Trinajstić information content (AvgIpc) is 3.18. The second-order valence-electron chi connectivity index (χ2n) is 10.5. The van der Waals surface area contributed by atoms with Crippen LogP contribution in [0.15, 0.2) is 42.5 Å². The Morgan fingerprint density at radius 2 is 1.89 bits per heavy atom. The Balaban J connectivity index is 1.91. The van der Waals surface area contributed by atoms with E-state index in [-0.39, 0.29) is 11.5 Å². The van der Waals surface area contributed by atoms with Gasteiger partial charge in [-0.25, -0.2) is 9.78 Å². The van der Waals surface area contributed by atoms with E-state index in [2.05, 4.69) is 56.6 Å². The number of imidazole rings is 1. The van der Waals surface area contributed by atoms with E-state index in [1.54, 1.807) is 13.2 Å². The number of nitrogens with one attached hydrogen (secondary N) is 1. The first-order chi connectivity index (χ1) is 17.6. The van der Waals surface area contributed by atoms with Gasteiger partial charge in [0.2, 0.25) is 0 Å². The van der Waals surface area contributed by atoms with E-state index in [9.17, 15) is 4.79 Å². The van der Waals surface area contributed by atoms with Crippen molar-refractivity contribution < 1.29 is 14.3 Å². The Labute approximate surface area is 226 Å². The van der Waals surface area contributed by atoms with Gasteiger partial charge in [0.1, 0.15) is 17.1 Å². The third-order valence-electron chi connectivity index (χ3n) is 6.81. The molecule has 3 aromatic rings. The van der Waals surface area contributed by atoms with Crippen molar-refractivity contribution in [2.24, 2.45) is 5.41 Å². The van der Waals surface area contributed by atoms with Crippen molar-refractivity contribution in [2.45, 2.75) is 73.0 Å². The molecule has 2 aromatic carbocycles. The number of unbranched alkanes of at least 4 members (excludes halogenated alkanes) is 1.